The van der Waals surface area contributed by atoms with E-state index in [0.717, 1.165) is 25.3 Å². The van der Waals surface area contributed by atoms with Gasteiger partial charge in [-0.1, -0.05) is 6.92 Å². The number of aromatic nitrogens is 2. The van der Waals surface area contributed by atoms with Gasteiger partial charge >= 0.3 is 5.97 Å². The molecule has 1 unspecified atom stereocenters. The van der Waals surface area contributed by atoms with Crippen LogP contribution in [0.2, 0.25) is 0 Å². The summed E-state index contributed by atoms with van der Waals surface area (Å²) in [5, 5.41) is 12.1. The summed E-state index contributed by atoms with van der Waals surface area (Å²) in [5.74, 6) is -2.11. The largest absolute Gasteiger partial charge is 0.477 e. The predicted octanol–water partition coefficient (Wildman–Crippen LogP) is 0.860. The Morgan fingerprint density at radius 3 is 2.80 bits per heavy atom. The molecule has 9 nitrogen and oxygen atoms in total. The van der Waals surface area contributed by atoms with Gasteiger partial charge in [-0.3, -0.25) is 9.59 Å². The van der Waals surface area contributed by atoms with Gasteiger partial charge in [0.05, 0.1) is 11.9 Å². The predicted molar refractivity (Wildman–Crippen MR) is 108 cm³/mol. The second-order valence-electron chi connectivity index (χ2n) is 8.44. The highest BCUT2D eigenvalue weighted by Gasteiger charge is 2.36. The summed E-state index contributed by atoms with van der Waals surface area (Å²) in [6.45, 7) is 3.36. The maximum atomic E-state index is 15.0. The van der Waals surface area contributed by atoms with Crippen LogP contribution in [-0.4, -0.2) is 52.7 Å². The molecule has 10 heteroatoms. The van der Waals surface area contributed by atoms with Crippen LogP contribution in [0.1, 0.15) is 42.6 Å². The fraction of sp³-hybridized carbons (Fsp3) is 0.500. The van der Waals surface area contributed by atoms with E-state index in [-0.39, 0.29) is 40.7 Å². The third kappa shape index (κ3) is 3.62. The Morgan fingerprint density at radius 1 is 1.43 bits per heavy atom. The number of nitrogens with one attached hydrogen (secondary N) is 1. The highest BCUT2D eigenvalue weighted by molar-refractivity contribution is 5.92. The normalized spacial score (nSPS) is 21.2. The molecular formula is C20H24FN5O4. The van der Waals surface area contributed by atoms with Crippen molar-refractivity contribution in [2.75, 3.05) is 31.1 Å². The highest BCUT2D eigenvalue weighted by atomic mass is 19.1. The van der Waals surface area contributed by atoms with Gasteiger partial charge in [0.15, 0.2) is 11.6 Å². The van der Waals surface area contributed by atoms with Gasteiger partial charge < -0.3 is 25.6 Å². The Hall–Kier alpha value is -3.01. The first-order chi connectivity index (χ1) is 14.2. The van der Waals surface area contributed by atoms with E-state index >= 15 is 0 Å². The molecule has 1 atom stereocenters. The Kier molecular flexibility index (Phi) is 4.97. The highest BCUT2D eigenvalue weighted by Crippen LogP contribution is 2.38. The van der Waals surface area contributed by atoms with Gasteiger partial charge in [-0.2, -0.15) is 0 Å². The molecule has 0 radical (unpaired) electrons. The lowest BCUT2D eigenvalue weighted by atomic mass is 9.90. The van der Waals surface area contributed by atoms with E-state index in [4.69, 9.17) is 5.73 Å². The fourth-order valence-corrected chi connectivity index (χ4v) is 3.98. The van der Waals surface area contributed by atoms with Gasteiger partial charge in [0, 0.05) is 37.3 Å². The van der Waals surface area contributed by atoms with Crippen molar-refractivity contribution in [1.82, 2.24) is 14.9 Å². The van der Waals surface area contributed by atoms with Crippen molar-refractivity contribution in [3.63, 3.8) is 0 Å². The summed E-state index contributed by atoms with van der Waals surface area (Å²) in [5.41, 5.74) is 4.25. The van der Waals surface area contributed by atoms with Crippen molar-refractivity contribution in [1.29, 1.82) is 0 Å². The number of fused-ring (bicyclic) bond motifs is 1. The van der Waals surface area contributed by atoms with Crippen LogP contribution in [0.15, 0.2) is 17.1 Å². The van der Waals surface area contributed by atoms with Crippen LogP contribution in [0.5, 0.6) is 0 Å². The molecule has 1 saturated carbocycles. The van der Waals surface area contributed by atoms with E-state index in [1.807, 2.05) is 6.92 Å². The van der Waals surface area contributed by atoms with Crippen LogP contribution in [-0.2, 0) is 4.79 Å². The lowest BCUT2D eigenvalue weighted by molar-refractivity contribution is -0.120. The number of nitrogens with zero attached hydrogens (tertiary/aromatic N) is 3. The summed E-state index contributed by atoms with van der Waals surface area (Å²) in [4.78, 5) is 41.8. The number of hydrogen-bond donors (Lipinski definition) is 3. The van der Waals surface area contributed by atoms with Crippen molar-refractivity contribution in [2.45, 2.75) is 32.2 Å². The maximum Gasteiger partial charge on any atom is 0.341 e. The summed E-state index contributed by atoms with van der Waals surface area (Å²) in [6.07, 6.45) is 3.75. The number of hydrogen-bond acceptors (Lipinski definition) is 6. The van der Waals surface area contributed by atoms with E-state index in [1.54, 1.807) is 9.47 Å². The quantitative estimate of drug-likeness (QED) is 0.635. The minimum Gasteiger partial charge on any atom is -0.477 e. The van der Waals surface area contributed by atoms with Crippen LogP contribution in [0, 0.1) is 11.2 Å². The molecule has 2 aliphatic rings. The van der Waals surface area contributed by atoms with Crippen LogP contribution in [0.4, 0.5) is 10.2 Å². The average Bonchev–Trinajstić information content (AvgIpc) is 3.48. The molecule has 1 amide bonds. The number of amides is 1. The number of carbonyl (C=O) groups excluding carboxylic acids is 1. The molecule has 4 N–H and O–H groups in total. The van der Waals surface area contributed by atoms with Gasteiger partial charge in [-0.15, -0.1) is 0 Å². The van der Waals surface area contributed by atoms with E-state index in [9.17, 15) is 23.9 Å². The molecule has 1 saturated heterocycles. The molecule has 1 aliphatic heterocycles. The van der Waals surface area contributed by atoms with E-state index in [1.165, 1.54) is 6.20 Å². The standard InChI is InChI=1S/C20H24FN5O4/c1-20(9-23-15(27)7-22)4-5-25(10-20)18-14(21)6-12-16(28)13(19(29)30)8-26(11-2-3-11)17(12)24-18/h6,8,11H,2-5,7,9-10,22H2,1H3,(H,23,27)(H,29,30). The molecule has 30 heavy (non-hydrogen) atoms. The van der Waals surface area contributed by atoms with E-state index in [2.05, 4.69) is 10.3 Å². The summed E-state index contributed by atoms with van der Waals surface area (Å²) in [7, 11) is 0. The van der Waals surface area contributed by atoms with Gasteiger partial charge in [-0.25, -0.2) is 14.2 Å². The SMILES string of the molecule is CC1(CNC(=O)CN)CCN(c2nc3c(cc2F)c(=O)c(C(=O)O)cn3C2CC2)C1. The van der Waals surface area contributed by atoms with Crippen LogP contribution >= 0.6 is 0 Å². The monoisotopic (exact) mass is 417 g/mol. The van der Waals surface area contributed by atoms with Crippen molar-refractivity contribution < 1.29 is 19.1 Å². The van der Waals surface area contributed by atoms with Crippen LogP contribution in [0.3, 0.4) is 0 Å². The Bertz CT molecular complexity index is 1100. The molecule has 2 aromatic rings. The second kappa shape index (κ2) is 7.35. The summed E-state index contributed by atoms with van der Waals surface area (Å²) >= 11 is 0. The number of carboxylic acids is 1. The Labute approximate surface area is 171 Å². The van der Waals surface area contributed by atoms with Crippen molar-refractivity contribution >= 4 is 28.7 Å². The number of carbonyl (C=O) groups is 2. The minimum atomic E-state index is -1.34. The van der Waals surface area contributed by atoms with Crippen LogP contribution in [0.25, 0.3) is 11.0 Å². The first-order valence-corrected chi connectivity index (χ1v) is 9.93. The third-order valence-electron chi connectivity index (χ3n) is 5.87. The van der Waals surface area contributed by atoms with Crippen molar-refractivity contribution in [3.8, 4) is 0 Å². The minimum absolute atomic E-state index is 0.0276. The Morgan fingerprint density at radius 2 is 2.17 bits per heavy atom. The van der Waals surface area contributed by atoms with Gasteiger partial charge in [0.2, 0.25) is 11.3 Å². The van der Waals surface area contributed by atoms with E-state index < -0.39 is 17.2 Å². The molecule has 2 fully saturated rings. The number of rotatable bonds is 6. The smallest absolute Gasteiger partial charge is 0.341 e. The zero-order valence-electron chi connectivity index (χ0n) is 16.7. The molecule has 4 rings (SSSR count). The molecule has 0 spiro atoms. The van der Waals surface area contributed by atoms with Crippen molar-refractivity contribution in [3.05, 3.63) is 33.9 Å². The third-order valence-corrected chi connectivity index (χ3v) is 5.87. The van der Waals surface area contributed by atoms with Gasteiger partial charge in [0.1, 0.15) is 11.2 Å². The number of nitrogens with two attached hydrogens (primary N) is 1. The number of carboxylic acid groups (broad SMARTS) is 1. The molecule has 160 valence electrons. The number of anilines is 1. The van der Waals surface area contributed by atoms with Gasteiger partial charge in [0.25, 0.3) is 0 Å². The lowest BCUT2D eigenvalue weighted by Gasteiger charge is -2.25. The molecule has 1 aliphatic carbocycles. The van der Waals surface area contributed by atoms with Crippen molar-refractivity contribution in [2.24, 2.45) is 11.1 Å². The molecule has 0 aromatic carbocycles. The lowest BCUT2D eigenvalue weighted by Crippen LogP contribution is -2.40. The fourth-order valence-electron chi connectivity index (χ4n) is 3.98. The number of halogens is 1. The van der Waals surface area contributed by atoms with Crippen LogP contribution < -0.4 is 21.4 Å². The molecular weight excluding hydrogens is 393 g/mol. The van der Waals surface area contributed by atoms with E-state index in [0.29, 0.717) is 25.3 Å². The molecule has 3 heterocycles. The summed E-state index contributed by atoms with van der Waals surface area (Å²) in [6, 6.07) is 1.16. The number of pyridine rings is 2. The topological polar surface area (TPSA) is 131 Å². The molecule has 2 aromatic heterocycles. The maximum absolute atomic E-state index is 15.0. The first kappa shape index (κ1) is 20.3. The number of aromatic carboxylic acids is 1. The zero-order valence-corrected chi connectivity index (χ0v) is 16.7. The first-order valence-electron chi connectivity index (χ1n) is 9.93. The zero-order chi connectivity index (χ0) is 21.6. The summed E-state index contributed by atoms with van der Waals surface area (Å²) < 4.78 is 16.6. The Balaban J connectivity index is 1.71. The average molecular weight is 417 g/mol. The second-order valence-corrected chi connectivity index (χ2v) is 8.44. The van der Waals surface area contributed by atoms with Gasteiger partial charge in [-0.05, 0) is 25.3 Å². The molecule has 0 bridgehead atoms.